The lowest BCUT2D eigenvalue weighted by Gasteiger charge is -2.46. The molecule has 3 aromatic carbocycles. The molecular weight excluding hydrogens is 490 g/mol. The van der Waals surface area contributed by atoms with E-state index in [1.807, 2.05) is 54.6 Å². The Morgan fingerprint density at radius 1 is 0.946 bits per heavy atom. The highest BCUT2D eigenvalue weighted by Gasteiger charge is 2.50. The van der Waals surface area contributed by atoms with Crippen molar-refractivity contribution in [2.24, 2.45) is 0 Å². The molecule has 0 N–H and O–H groups in total. The standard InChI is InChI=1S/C28H31N3O5S/c1-3-25(32)31(22-11-5-4-6-12-22)28(27(33)36-2)15-17-29(18-16-28)19-20-30-23-13-7-9-21-10-8-14-24(26(21)23)37(30,34)35/h4-14H,3,15-20H2,1-2H3. The molecule has 2 aliphatic heterocycles. The molecule has 8 nitrogen and oxygen atoms in total. The molecule has 2 heterocycles. The van der Waals surface area contributed by atoms with Gasteiger partial charge >= 0.3 is 5.97 Å². The number of hydrogen-bond donors (Lipinski definition) is 0. The molecule has 3 aromatic rings. The molecule has 5 rings (SSSR count). The second-order valence-electron chi connectivity index (χ2n) is 9.49. The number of ether oxygens (including phenoxy) is 1. The molecule has 1 fully saturated rings. The van der Waals surface area contributed by atoms with Crippen LogP contribution in [0.1, 0.15) is 26.2 Å². The summed E-state index contributed by atoms with van der Waals surface area (Å²) in [6.45, 7) is 3.65. The summed E-state index contributed by atoms with van der Waals surface area (Å²) in [6, 6.07) is 20.3. The SMILES string of the molecule is CCC(=O)N(c1ccccc1)C1(C(=O)OC)CCN(CCN2c3cccc4cccc(c34)S2(=O)=O)CC1. The first-order valence-corrected chi connectivity index (χ1v) is 14.0. The maximum Gasteiger partial charge on any atom is 0.332 e. The topological polar surface area (TPSA) is 87.2 Å². The van der Waals surface area contributed by atoms with E-state index in [1.54, 1.807) is 24.0 Å². The van der Waals surface area contributed by atoms with E-state index < -0.39 is 21.5 Å². The Balaban J connectivity index is 1.36. The van der Waals surface area contributed by atoms with E-state index in [1.165, 1.54) is 11.4 Å². The number of amides is 1. The average molecular weight is 522 g/mol. The molecular formula is C28H31N3O5S. The summed E-state index contributed by atoms with van der Waals surface area (Å²) < 4.78 is 33.4. The van der Waals surface area contributed by atoms with Gasteiger partial charge in [0.25, 0.3) is 10.0 Å². The van der Waals surface area contributed by atoms with Crippen molar-refractivity contribution in [3.8, 4) is 0 Å². The fraction of sp³-hybridized carbons (Fsp3) is 0.357. The van der Waals surface area contributed by atoms with Crippen LogP contribution in [0.15, 0.2) is 71.6 Å². The van der Waals surface area contributed by atoms with Gasteiger partial charge in [-0.1, -0.05) is 49.4 Å². The smallest absolute Gasteiger partial charge is 0.332 e. The summed E-state index contributed by atoms with van der Waals surface area (Å²) in [5.41, 5.74) is 0.265. The van der Waals surface area contributed by atoms with Gasteiger partial charge in [-0.2, -0.15) is 0 Å². The van der Waals surface area contributed by atoms with Crippen molar-refractivity contribution in [1.29, 1.82) is 0 Å². The summed E-state index contributed by atoms with van der Waals surface area (Å²) in [5, 5.41) is 1.67. The van der Waals surface area contributed by atoms with Crippen molar-refractivity contribution >= 4 is 44.0 Å². The van der Waals surface area contributed by atoms with Gasteiger partial charge in [-0.05, 0) is 42.5 Å². The van der Waals surface area contributed by atoms with Crippen molar-refractivity contribution in [3.63, 3.8) is 0 Å². The number of sulfonamides is 1. The lowest BCUT2D eigenvalue weighted by molar-refractivity contribution is -0.150. The van der Waals surface area contributed by atoms with Crippen LogP contribution in [0.5, 0.6) is 0 Å². The van der Waals surface area contributed by atoms with Gasteiger partial charge in [-0.15, -0.1) is 0 Å². The van der Waals surface area contributed by atoms with Crippen LogP contribution >= 0.6 is 0 Å². The second-order valence-corrected chi connectivity index (χ2v) is 11.3. The third-order valence-corrected chi connectivity index (χ3v) is 9.40. The number of anilines is 2. The number of carbonyl (C=O) groups excluding carboxylic acids is 2. The number of hydrogen-bond acceptors (Lipinski definition) is 6. The molecule has 194 valence electrons. The van der Waals surface area contributed by atoms with Crippen molar-refractivity contribution < 1.29 is 22.7 Å². The van der Waals surface area contributed by atoms with Crippen molar-refractivity contribution in [2.45, 2.75) is 36.6 Å². The highest BCUT2D eigenvalue weighted by Crippen LogP contribution is 2.42. The van der Waals surface area contributed by atoms with Crippen molar-refractivity contribution in [3.05, 3.63) is 66.7 Å². The van der Waals surface area contributed by atoms with Crippen LogP contribution in [0.3, 0.4) is 0 Å². The second kappa shape index (κ2) is 9.79. The molecule has 9 heteroatoms. The molecule has 0 bridgehead atoms. The molecule has 2 aliphatic rings. The number of likely N-dealkylation sites (tertiary alicyclic amines) is 1. The first-order valence-electron chi connectivity index (χ1n) is 12.6. The number of benzene rings is 3. The fourth-order valence-corrected chi connectivity index (χ4v) is 7.35. The predicted molar refractivity (Wildman–Crippen MR) is 143 cm³/mol. The molecule has 0 aromatic heterocycles. The van der Waals surface area contributed by atoms with E-state index in [0.29, 0.717) is 55.3 Å². The Bertz CT molecular complexity index is 1430. The highest BCUT2D eigenvalue weighted by atomic mass is 32.2. The fourth-order valence-electron chi connectivity index (χ4n) is 5.65. The van der Waals surface area contributed by atoms with E-state index in [2.05, 4.69) is 4.90 Å². The molecule has 37 heavy (non-hydrogen) atoms. The van der Waals surface area contributed by atoms with Crippen LogP contribution in [-0.4, -0.2) is 64.0 Å². The molecule has 1 amide bonds. The molecule has 0 radical (unpaired) electrons. The third kappa shape index (κ3) is 4.16. The molecule has 0 aliphatic carbocycles. The molecule has 0 atom stereocenters. The summed E-state index contributed by atoms with van der Waals surface area (Å²) in [5.74, 6) is -0.568. The Morgan fingerprint density at radius 3 is 2.27 bits per heavy atom. The lowest BCUT2D eigenvalue weighted by atomic mass is 9.84. The van der Waals surface area contributed by atoms with E-state index in [4.69, 9.17) is 4.74 Å². The lowest BCUT2D eigenvalue weighted by Crippen LogP contribution is -2.63. The summed E-state index contributed by atoms with van der Waals surface area (Å²) in [4.78, 5) is 30.4. The minimum Gasteiger partial charge on any atom is -0.467 e. The van der Waals surface area contributed by atoms with Crippen molar-refractivity contribution in [2.75, 3.05) is 42.5 Å². The Kier molecular flexibility index (Phi) is 6.68. The van der Waals surface area contributed by atoms with Gasteiger partial charge in [-0.3, -0.25) is 14.0 Å². The van der Waals surface area contributed by atoms with Crippen molar-refractivity contribution in [1.82, 2.24) is 4.90 Å². The van der Waals surface area contributed by atoms with Gasteiger partial charge in [0.05, 0.1) is 17.7 Å². The van der Waals surface area contributed by atoms with E-state index in [0.717, 1.165) is 10.8 Å². The monoisotopic (exact) mass is 521 g/mol. The summed E-state index contributed by atoms with van der Waals surface area (Å²) in [6.07, 6.45) is 1.04. The van der Waals surface area contributed by atoms with Crippen LogP contribution in [0, 0.1) is 0 Å². The maximum absolute atomic E-state index is 13.3. The van der Waals surface area contributed by atoms with Gasteiger partial charge in [-0.25, -0.2) is 13.2 Å². The van der Waals surface area contributed by atoms with E-state index >= 15 is 0 Å². The first kappa shape index (κ1) is 25.2. The van der Waals surface area contributed by atoms with Gasteiger partial charge in [0.2, 0.25) is 5.91 Å². The van der Waals surface area contributed by atoms with Crippen LogP contribution in [0.25, 0.3) is 10.8 Å². The summed E-state index contributed by atoms with van der Waals surface area (Å²) in [7, 11) is -2.27. The molecule has 0 saturated carbocycles. The van der Waals surface area contributed by atoms with Gasteiger partial charge in [0, 0.05) is 43.7 Å². The zero-order valence-electron chi connectivity index (χ0n) is 21.1. The number of nitrogens with zero attached hydrogens (tertiary/aromatic N) is 3. The third-order valence-electron chi connectivity index (χ3n) is 7.54. The summed E-state index contributed by atoms with van der Waals surface area (Å²) >= 11 is 0. The minimum absolute atomic E-state index is 0.140. The van der Waals surface area contributed by atoms with Gasteiger partial charge in [0.15, 0.2) is 0 Å². The Morgan fingerprint density at radius 2 is 1.62 bits per heavy atom. The predicted octanol–water partition coefficient (Wildman–Crippen LogP) is 3.80. The molecule has 0 spiro atoms. The largest absolute Gasteiger partial charge is 0.467 e. The van der Waals surface area contributed by atoms with Crippen LogP contribution < -0.4 is 9.21 Å². The Hall–Kier alpha value is -3.43. The number of methoxy groups -OCH3 is 1. The van der Waals surface area contributed by atoms with E-state index in [-0.39, 0.29) is 12.3 Å². The Labute approximate surface area is 217 Å². The zero-order chi connectivity index (χ0) is 26.2. The number of carbonyl (C=O) groups is 2. The van der Waals surface area contributed by atoms with Gasteiger partial charge < -0.3 is 9.64 Å². The number of piperidine rings is 1. The zero-order valence-corrected chi connectivity index (χ0v) is 21.9. The maximum atomic E-state index is 13.3. The van der Waals surface area contributed by atoms with Gasteiger partial charge in [0.1, 0.15) is 5.54 Å². The average Bonchev–Trinajstić information content (AvgIpc) is 3.15. The number of rotatable bonds is 7. The van der Waals surface area contributed by atoms with Crippen LogP contribution in [0.2, 0.25) is 0 Å². The normalized spacial score (nSPS) is 18.1. The minimum atomic E-state index is -3.62. The highest BCUT2D eigenvalue weighted by molar-refractivity contribution is 7.93. The first-order chi connectivity index (χ1) is 17.8. The van der Waals surface area contributed by atoms with Crippen LogP contribution in [0.4, 0.5) is 11.4 Å². The molecule has 0 unspecified atom stereocenters. The molecule has 1 saturated heterocycles. The quantitative estimate of drug-likeness (QED) is 0.440. The number of para-hydroxylation sites is 1. The number of esters is 1. The van der Waals surface area contributed by atoms with E-state index in [9.17, 15) is 18.0 Å². The van der Waals surface area contributed by atoms with Crippen LogP contribution in [-0.2, 0) is 24.3 Å².